The molecule has 1 aliphatic rings. The standard InChI is InChI=1S/C18H18N2O2S/c1-11-8-12(2)20-18(19-11)23-17-15(21)9-14(10-16(17)22)13-6-4-3-5-7-13/h3-8,14,21H,9-10H2,1-2H3. The van der Waals surface area contributed by atoms with Crippen molar-refractivity contribution in [2.45, 2.75) is 37.8 Å². The quantitative estimate of drug-likeness (QED) is 0.860. The van der Waals surface area contributed by atoms with E-state index in [1.54, 1.807) is 0 Å². The van der Waals surface area contributed by atoms with Gasteiger partial charge in [-0.05, 0) is 43.2 Å². The van der Waals surface area contributed by atoms with Crippen LogP contribution in [0, 0.1) is 13.8 Å². The van der Waals surface area contributed by atoms with E-state index in [0.717, 1.165) is 28.7 Å². The van der Waals surface area contributed by atoms with Crippen molar-refractivity contribution in [2.75, 3.05) is 0 Å². The third-order valence-electron chi connectivity index (χ3n) is 3.81. The molecule has 1 unspecified atom stereocenters. The molecule has 0 saturated heterocycles. The highest BCUT2D eigenvalue weighted by Crippen LogP contribution is 2.39. The van der Waals surface area contributed by atoms with Gasteiger partial charge in [0.25, 0.3) is 0 Å². The van der Waals surface area contributed by atoms with Gasteiger partial charge in [-0.15, -0.1) is 0 Å². The Morgan fingerprint density at radius 3 is 2.35 bits per heavy atom. The number of Topliss-reactive ketones (excluding diaryl/α,β-unsaturated/α-hetero) is 1. The summed E-state index contributed by atoms with van der Waals surface area (Å²) in [5.41, 5.74) is 2.79. The summed E-state index contributed by atoms with van der Waals surface area (Å²) in [5, 5.41) is 10.9. The number of rotatable bonds is 3. The molecule has 1 aromatic carbocycles. The summed E-state index contributed by atoms with van der Waals surface area (Å²) in [5.74, 6) is 0.131. The summed E-state index contributed by atoms with van der Waals surface area (Å²) in [7, 11) is 0. The molecule has 23 heavy (non-hydrogen) atoms. The monoisotopic (exact) mass is 326 g/mol. The van der Waals surface area contributed by atoms with E-state index in [0.29, 0.717) is 22.9 Å². The molecule has 1 atom stereocenters. The Kier molecular flexibility index (Phi) is 4.48. The molecule has 0 spiro atoms. The number of nitrogens with zero attached hydrogens (tertiary/aromatic N) is 2. The number of hydrogen-bond acceptors (Lipinski definition) is 5. The molecule has 2 aromatic rings. The Morgan fingerprint density at radius 1 is 1.09 bits per heavy atom. The second-order valence-corrected chi connectivity index (χ2v) is 6.73. The van der Waals surface area contributed by atoms with Gasteiger partial charge in [-0.3, -0.25) is 4.79 Å². The van der Waals surface area contributed by atoms with Gasteiger partial charge in [0.1, 0.15) is 5.76 Å². The van der Waals surface area contributed by atoms with Crippen LogP contribution < -0.4 is 0 Å². The van der Waals surface area contributed by atoms with Gasteiger partial charge < -0.3 is 5.11 Å². The smallest absolute Gasteiger partial charge is 0.193 e. The lowest BCUT2D eigenvalue weighted by Crippen LogP contribution is -2.17. The second kappa shape index (κ2) is 6.54. The van der Waals surface area contributed by atoms with Gasteiger partial charge in [-0.2, -0.15) is 0 Å². The number of aromatic nitrogens is 2. The van der Waals surface area contributed by atoms with E-state index in [-0.39, 0.29) is 17.5 Å². The van der Waals surface area contributed by atoms with Crippen molar-refractivity contribution in [1.29, 1.82) is 0 Å². The number of ketones is 1. The molecular weight excluding hydrogens is 308 g/mol. The molecule has 1 N–H and O–H groups in total. The normalized spacial score (nSPS) is 18.3. The van der Waals surface area contributed by atoms with Gasteiger partial charge in [0.2, 0.25) is 0 Å². The molecule has 0 amide bonds. The van der Waals surface area contributed by atoms with Crippen LogP contribution >= 0.6 is 11.8 Å². The summed E-state index contributed by atoms with van der Waals surface area (Å²) in [6.07, 6.45) is 0.879. The van der Waals surface area contributed by atoms with Crippen LogP contribution in [-0.2, 0) is 4.79 Å². The van der Waals surface area contributed by atoms with Crippen LogP contribution in [0.2, 0.25) is 0 Å². The lowest BCUT2D eigenvalue weighted by Gasteiger charge is -2.23. The van der Waals surface area contributed by atoms with E-state index in [1.807, 2.05) is 50.2 Å². The maximum absolute atomic E-state index is 12.5. The van der Waals surface area contributed by atoms with Crippen LogP contribution in [0.3, 0.4) is 0 Å². The van der Waals surface area contributed by atoms with Crippen molar-refractivity contribution in [3.63, 3.8) is 0 Å². The van der Waals surface area contributed by atoms with Gasteiger partial charge in [0.05, 0.1) is 4.91 Å². The summed E-state index contributed by atoms with van der Waals surface area (Å²) in [6.45, 7) is 3.78. The average molecular weight is 326 g/mol. The molecule has 1 aliphatic carbocycles. The van der Waals surface area contributed by atoms with Crippen molar-refractivity contribution in [2.24, 2.45) is 0 Å². The molecule has 5 heteroatoms. The van der Waals surface area contributed by atoms with Crippen molar-refractivity contribution in [3.8, 4) is 0 Å². The number of aliphatic hydroxyl groups is 1. The van der Waals surface area contributed by atoms with Gasteiger partial charge in [0, 0.05) is 24.2 Å². The number of allylic oxidation sites excluding steroid dienone is 2. The van der Waals surface area contributed by atoms with Crippen LogP contribution in [-0.4, -0.2) is 20.9 Å². The first-order valence-corrected chi connectivity index (χ1v) is 8.35. The Morgan fingerprint density at radius 2 is 1.74 bits per heavy atom. The van der Waals surface area contributed by atoms with Crippen molar-refractivity contribution >= 4 is 17.5 Å². The van der Waals surface area contributed by atoms with Crippen molar-refractivity contribution in [1.82, 2.24) is 9.97 Å². The molecule has 0 radical (unpaired) electrons. The molecule has 118 valence electrons. The Labute approximate surface area is 139 Å². The molecule has 0 fully saturated rings. The van der Waals surface area contributed by atoms with E-state index in [2.05, 4.69) is 9.97 Å². The zero-order chi connectivity index (χ0) is 16.4. The van der Waals surface area contributed by atoms with Crippen LogP contribution in [0.15, 0.2) is 52.2 Å². The van der Waals surface area contributed by atoms with E-state index >= 15 is 0 Å². The fourth-order valence-corrected chi connectivity index (χ4v) is 3.74. The largest absolute Gasteiger partial charge is 0.511 e. The third kappa shape index (κ3) is 3.62. The Hall–Kier alpha value is -2.14. The minimum absolute atomic E-state index is 0.0354. The fraction of sp³-hybridized carbons (Fsp3) is 0.278. The minimum atomic E-state index is -0.0460. The summed E-state index contributed by atoms with van der Waals surface area (Å²) in [4.78, 5) is 21.5. The number of carbonyl (C=O) groups is 1. The Bertz CT molecular complexity index is 752. The number of carbonyl (C=O) groups excluding carboxylic acids is 1. The highest BCUT2D eigenvalue weighted by atomic mass is 32.2. The van der Waals surface area contributed by atoms with Crippen LogP contribution in [0.4, 0.5) is 0 Å². The molecular formula is C18H18N2O2S. The van der Waals surface area contributed by atoms with E-state index < -0.39 is 0 Å². The first kappa shape index (κ1) is 15.7. The van der Waals surface area contributed by atoms with Crippen LogP contribution in [0.1, 0.15) is 35.7 Å². The summed E-state index contributed by atoms with van der Waals surface area (Å²) < 4.78 is 0. The lowest BCUT2D eigenvalue weighted by molar-refractivity contribution is -0.115. The highest BCUT2D eigenvalue weighted by molar-refractivity contribution is 8.03. The Balaban J connectivity index is 1.84. The summed E-state index contributed by atoms with van der Waals surface area (Å²) in [6, 6.07) is 11.7. The van der Waals surface area contributed by atoms with Crippen molar-refractivity contribution in [3.05, 3.63) is 64.0 Å². The van der Waals surface area contributed by atoms with Crippen molar-refractivity contribution < 1.29 is 9.90 Å². The molecule has 0 aliphatic heterocycles. The number of aryl methyl sites for hydroxylation is 2. The number of hydrogen-bond donors (Lipinski definition) is 1. The van der Waals surface area contributed by atoms with E-state index in [1.165, 1.54) is 0 Å². The second-order valence-electron chi connectivity index (χ2n) is 5.75. The average Bonchev–Trinajstić information content (AvgIpc) is 2.50. The maximum atomic E-state index is 12.5. The number of thioether (sulfide) groups is 1. The van der Waals surface area contributed by atoms with Gasteiger partial charge in [-0.1, -0.05) is 30.3 Å². The number of aliphatic hydroxyl groups excluding tert-OH is 1. The predicted octanol–water partition coefficient (Wildman–Crippen LogP) is 4.10. The zero-order valence-corrected chi connectivity index (χ0v) is 13.9. The molecule has 3 rings (SSSR count). The fourth-order valence-electron chi connectivity index (χ4n) is 2.78. The topological polar surface area (TPSA) is 63.1 Å². The molecule has 4 nitrogen and oxygen atoms in total. The number of benzene rings is 1. The molecule has 0 bridgehead atoms. The maximum Gasteiger partial charge on any atom is 0.193 e. The first-order chi connectivity index (χ1) is 11.0. The highest BCUT2D eigenvalue weighted by Gasteiger charge is 2.29. The zero-order valence-electron chi connectivity index (χ0n) is 13.1. The van der Waals surface area contributed by atoms with Crippen LogP contribution in [0.5, 0.6) is 0 Å². The molecule has 1 heterocycles. The third-order valence-corrected chi connectivity index (χ3v) is 4.85. The lowest BCUT2D eigenvalue weighted by atomic mass is 9.86. The van der Waals surface area contributed by atoms with Gasteiger partial charge >= 0.3 is 0 Å². The first-order valence-electron chi connectivity index (χ1n) is 7.53. The van der Waals surface area contributed by atoms with Gasteiger partial charge in [0.15, 0.2) is 10.9 Å². The van der Waals surface area contributed by atoms with E-state index in [4.69, 9.17) is 0 Å². The van der Waals surface area contributed by atoms with Gasteiger partial charge in [-0.25, -0.2) is 9.97 Å². The predicted molar refractivity (Wildman–Crippen MR) is 90.4 cm³/mol. The molecule has 1 aromatic heterocycles. The minimum Gasteiger partial charge on any atom is -0.511 e. The van der Waals surface area contributed by atoms with E-state index in [9.17, 15) is 9.90 Å². The molecule has 0 saturated carbocycles. The van der Waals surface area contributed by atoms with Crippen LogP contribution in [0.25, 0.3) is 0 Å². The summed E-state index contributed by atoms with van der Waals surface area (Å²) >= 11 is 1.16. The SMILES string of the molecule is Cc1cc(C)nc(SC2=C(O)CC(c3ccccc3)CC2=O)n1.